The third kappa shape index (κ3) is 7.14. The maximum atomic E-state index is 6.38. The van der Waals surface area contributed by atoms with Crippen molar-refractivity contribution in [3.05, 3.63) is 23.8 Å². The summed E-state index contributed by atoms with van der Waals surface area (Å²) < 4.78 is 12.0. The van der Waals surface area contributed by atoms with Gasteiger partial charge < -0.3 is 24.6 Å². The minimum atomic E-state index is 0. The zero-order valence-corrected chi connectivity index (χ0v) is 22.1. The Hall–Kier alpha value is -1.22. The Bertz CT molecular complexity index is 690. The van der Waals surface area contributed by atoms with E-state index < -0.39 is 0 Å². The van der Waals surface area contributed by atoms with Crippen LogP contribution in [0.1, 0.15) is 51.5 Å². The fraction of sp³-hybridized carbons (Fsp3) is 0.708. The van der Waals surface area contributed by atoms with Gasteiger partial charge in [0, 0.05) is 38.8 Å². The minimum absolute atomic E-state index is 0. The second-order valence-corrected chi connectivity index (χ2v) is 8.46. The zero-order chi connectivity index (χ0) is 21.3. The van der Waals surface area contributed by atoms with Crippen molar-refractivity contribution >= 4 is 29.9 Å². The summed E-state index contributed by atoms with van der Waals surface area (Å²) in [4.78, 5) is 9.48. The van der Waals surface area contributed by atoms with Gasteiger partial charge in [0.25, 0.3) is 0 Å². The highest BCUT2D eigenvalue weighted by molar-refractivity contribution is 14.0. The van der Waals surface area contributed by atoms with Gasteiger partial charge in [0.15, 0.2) is 17.5 Å². The summed E-state index contributed by atoms with van der Waals surface area (Å²) in [5, 5.41) is 3.57. The lowest BCUT2D eigenvalue weighted by atomic mass is 10.1. The first-order valence-corrected chi connectivity index (χ1v) is 11.7. The van der Waals surface area contributed by atoms with Crippen molar-refractivity contribution < 1.29 is 9.47 Å². The molecule has 1 aliphatic carbocycles. The van der Waals surface area contributed by atoms with Crippen LogP contribution in [-0.4, -0.2) is 68.7 Å². The van der Waals surface area contributed by atoms with E-state index in [2.05, 4.69) is 40.0 Å². The van der Waals surface area contributed by atoms with E-state index in [4.69, 9.17) is 9.47 Å². The number of ether oxygens (including phenoxy) is 2. The molecular formula is C24H41IN4O2. The van der Waals surface area contributed by atoms with Crippen LogP contribution in [0.5, 0.6) is 11.5 Å². The summed E-state index contributed by atoms with van der Waals surface area (Å²) in [6.45, 7) is 10.7. The first-order valence-electron chi connectivity index (χ1n) is 11.7. The molecule has 6 nitrogen and oxygen atoms in total. The van der Waals surface area contributed by atoms with Crippen molar-refractivity contribution in [2.24, 2.45) is 10.9 Å². The third-order valence-corrected chi connectivity index (χ3v) is 6.51. The number of halogens is 1. The van der Waals surface area contributed by atoms with E-state index in [1.165, 1.54) is 25.8 Å². The Balaban J connectivity index is 0.00000341. The molecule has 1 unspecified atom stereocenters. The fourth-order valence-electron chi connectivity index (χ4n) is 4.70. The summed E-state index contributed by atoms with van der Waals surface area (Å²) in [6, 6.07) is 6.15. The Morgan fingerprint density at radius 2 is 1.94 bits per heavy atom. The number of hydrogen-bond acceptors (Lipinski definition) is 4. The van der Waals surface area contributed by atoms with E-state index in [9.17, 15) is 0 Å². The number of methoxy groups -OCH3 is 1. The summed E-state index contributed by atoms with van der Waals surface area (Å²) >= 11 is 0. The van der Waals surface area contributed by atoms with Crippen LogP contribution < -0.4 is 14.8 Å². The number of nitrogens with zero attached hydrogens (tertiary/aromatic N) is 3. The predicted octanol–water partition coefficient (Wildman–Crippen LogP) is 4.37. The zero-order valence-electron chi connectivity index (χ0n) is 19.7. The van der Waals surface area contributed by atoms with Crippen LogP contribution in [0.2, 0.25) is 0 Å². The van der Waals surface area contributed by atoms with Gasteiger partial charge >= 0.3 is 0 Å². The topological polar surface area (TPSA) is 49.3 Å². The van der Waals surface area contributed by atoms with Gasteiger partial charge in [-0.05, 0) is 57.2 Å². The van der Waals surface area contributed by atoms with E-state index in [0.29, 0.717) is 18.6 Å². The average molecular weight is 545 g/mol. The first-order chi connectivity index (χ1) is 14.7. The molecule has 1 N–H and O–H groups in total. The van der Waals surface area contributed by atoms with Gasteiger partial charge in [-0.25, -0.2) is 0 Å². The summed E-state index contributed by atoms with van der Waals surface area (Å²) in [6.07, 6.45) is 6.31. The van der Waals surface area contributed by atoms with E-state index in [1.54, 1.807) is 7.11 Å². The highest BCUT2D eigenvalue weighted by atomic mass is 127. The van der Waals surface area contributed by atoms with E-state index in [1.807, 2.05) is 19.2 Å². The highest BCUT2D eigenvalue weighted by Gasteiger charge is 2.26. The molecule has 176 valence electrons. The van der Waals surface area contributed by atoms with Crippen LogP contribution in [0.25, 0.3) is 0 Å². The quantitative estimate of drug-likeness (QED) is 0.284. The van der Waals surface area contributed by atoms with Crippen LogP contribution in [0, 0.1) is 5.92 Å². The van der Waals surface area contributed by atoms with Crippen LogP contribution >= 0.6 is 24.0 Å². The van der Waals surface area contributed by atoms with Crippen LogP contribution in [-0.2, 0) is 6.54 Å². The molecule has 1 aliphatic heterocycles. The number of likely N-dealkylation sites (tertiary alicyclic amines) is 1. The maximum absolute atomic E-state index is 6.38. The molecule has 0 bridgehead atoms. The molecule has 1 aromatic carbocycles. The molecule has 1 saturated carbocycles. The molecule has 2 aliphatic rings. The lowest BCUT2D eigenvalue weighted by Gasteiger charge is -2.25. The van der Waals surface area contributed by atoms with Gasteiger partial charge in [0.05, 0.1) is 13.2 Å². The predicted molar refractivity (Wildman–Crippen MR) is 139 cm³/mol. The monoisotopic (exact) mass is 544 g/mol. The Labute approximate surface area is 205 Å². The smallest absolute Gasteiger partial charge is 0.193 e. The van der Waals surface area contributed by atoms with Crippen LogP contribution in [0.15, 0.2) is 23.2 Å². The largest absolute Gasteiger partial charge is 0.493 e. The molecule has 1 aromatic rings. The summed E-state index contributed by atoms with van der Waals surface area (Å²) in [7, 11) is 3.59. The van der Waals surface area contributed by atoms with Gasteiger partial charge in [-0.15, -0.1) is 24.0 Å². The molecule has 1 heterocycles. The Morgan fingerprint density at radius 3 is 2.58 bits per heavy atom. The molecule has 1 atom stereocenters. The molecule has 1 saturated heterocycles. The van der Waals surface area contributed by atoms with Crippen molar-refractivity contribution in [2.75, 3.05) is 46.9 Å². The number of aliphatic imine (C=N–C) groups is 1. The lowest BCUT2D eigenvalue weighted by Crippen LogP contribution is -2.40. The average Bonchev–Trinajstić information content (AvgIpc) is 3.45. The normalized spacial score (nSPS) is 19.6. The lowest BCUT2D eigenvalue weighted by molar-refractivity contribution is 0.198. The van der Waals surface area contributed by atoms with Crippen LogP contribution in [0.3, 0.4) is 0 Å². The van der Waals surface area contributed by atoms with E-state index >= 15 is 0 Å². The van der Waals surface area contributed by atoms with E-state index in [0.717, 1.165) is 62.0 Å². The van der Waals surface area contributed by atoms with Gasteiger partial charge in [0.1, 0.15) is 0 Å². The molecular weight excluding hydrogens is 503 g/mol. The number of hydrogen-bond donors (Lipinski definition) is 1. The Morgan fingerprint density at radius 1 is 1.19 bits per heavy atom. The second kappa shape index (κ2) is 13.4. The van der Waals surface area contributed by atoms with Gasteiger partial charge in [-0.3, -0.25) is 4.99 Å². The second-order valence-electron chi connectivity index (χ2n) is 8.46. The molecule has 0 amide bonds. The molecule has 31 heavy (non-hydrogen) atoms. The number of benzene rings is 1. The first kappa shape index (κ1) is 26.0. The molecule has 0 aromatic heterocycles. The van der Waals surface area contributed by atoms with Gasteiger partial charge in [-0.2, -0.15) is 0 Å². The number of nitrogens with one attached hydrogen (secondary N) is 1. The van der Waals surface area contributed by atoms with Crippen molar-refractivity contribution in [3.63, 3.8) is 0 Å². The molecule has 0 spiro atoms. The third-order valence-electron chi connectivity index (χ3n) is 6.51. The minimum Gasteiger partial charge on any atom is -0.493 e. The fourth-order valence-corrected chi connectivity index (χ4v) is 4.70. The van der Waals surface area contributed by atoms with E-state index in [-0.39, 0.29) is 24.0 Å². The number of rotatable bonds is 9. The van der Waals surface area contributed by atoms with Crippen molar-refractivity contribution in [2.45, 2.75) is 58.6 Å². The SMILES string of the molecule is CCN(CC)CC1CCN(C(=NC)NCc2cccc(OC)c2OC2CCCC2)C1.I. The maximum Gasteiger partial charge on any atom is 0.193 e. The molecule has 2 fully saturated rings. The van der Waals surface area contributed by atoms with Crippen molar-refractivity contribution in [1.29, 1.82) is 0 Å². The molecule has 3 rings (SSSR count). The van der Waals surface area contributed by atoms with Crippen molar-refractivity contribution in [3.8, 4) is 11.5 Å². The highest BCUT2D eigenvalue weighted by Crippen LogP contribution is 2.34. The molecule has 7 heteroatoms. The number of guanidine groups is 1. The summed E-state index contributed by atoms with van der Waals surface area (Å²) in [5.74, 6) is 3.39. The van der Waals surface area contributed by atoms with Gasteiger partial charge in [0.2, 0.25) is 0 Å². The van der Waals surface area contributed by atoms with Gasteiger partial charge in [-0.1, -0.05) is 26.0 Å². The summed E-state index contributed by atoms with van der Waals surface area (Å²) in [5.41, 5.74) is 1.13. The number of para-hydroxylation sites is 1. The molecule has 0 radical (unpaired) electrons. The van der Waals surface area contributed by atoms with Crippen LogP contribution in [0.4, 0.5) is 0 Å². The Kier molecular flexibility index (Phi) is 11.2. The van der Waals surface area contributed by atoms with Crippen molar-refractivity contribution in [1.82, 2.24) is 15.1 Å². The standard InChI is InChI=1S/C24H40N4O2.HI/c1-5-27(6-2)17-19-14-15-28(18-19)24(25-3)26-16-20-10-9-13-22(29-4)23(20)30-21-11-7-8-12-21;/h9-10,13,19,21H,5-8,11-12,14-18H2,1-4H3,(H,25,26);1H.